The fourth-order valence-corrected chi connectivity index (χ4v) is 2.92. The SMILES string of the molecule is Cc1cc(NC(=O)c2c(C)oc3ncnc(N4CCOCC4)c23)no1. The number of carbonyl (C=O) groups is 1. The Hall–Kier alpha value is -2.94. The van der Waals surface area contributed by atoms with Crippen LogP contribution in [0.25, 0.3) is 11.1 Å². The number of morpholine rings is 1. The van der Waals surface area contributed by atoms with Gasteiger partial charge >= 0.3 is 0 Å². The number of nitrogens with one attached hydrogen (secondary N) is 1. The Balaban J connectivity index is 1.77. The molecule has 1 aliphatic rings. The van der Waals surface area contributed by atoms with E-state index in [1.807, 2.05) is 0 Å². The lowest BCUT2D eigenvalue weighted by atomic mass is 10.1. The highest BCUT2D eigenvalue weighted by Crippen LogP contribution is 2.32. The van der Waals surface area contributed by atoms with Crippen LogP contribution in [0.15, 0.2) is 21.3 Å². The third kappa shape index (κ3) is 2.82. The van der Waals surface area contributed by atoms with Gasteiger partial charge in [-0.2, -0.15) is 0 Å². The fourth-order valence-electron chi connectivity index (χ4n) is 2.92. The van der Waals surface area contributed by atoms with Crippen molar-refractivity contribution in [3.05, 3.63) is 29.5 Å². The van der Waals surface area contributed by atoms with Crippen molar-refractivity contribution in [2.75, 3.05) is 36.5 Å². The van der Waals surface area contributed by atoms with Crippen LogP contribution in [0.3, 0.4) is 0 Å². The van der Waals surface area contributed by atoms with E-state index in [-0.39, 0.29) is 5.91 Å². The van der Waals surface area contributed by atoms with Crippen LogP contribution < -0.4 is 10.2 Å². The van der Waals surface area contributed by atoms with Crippen molar-refractivity contribution in [3.8, 4) is 0 Å². The summed E-state index contributed by atoms with van der Waals surface area (Å²) < 4.78 is 16.1. The van der Waals surface area contributed by atoms with Crippen molar-refractivity contribution in [1.29, 1.82) is 0 Å². The van der Waals surface area contributed by atoms with Crippen molar-refractivity contribution in [3.63, 3.8) is 0 Å². The summed E-state index contributed by atoms with van der Waals surface area (Å²) >= 11 is 0. The van der Waals surface area contributed by atoms with Gasteiger partial charge in [-0.3, -0.25) is 4.79 Å². The van der Waals surface area contributed by atoms with Crippen molar-refractivity contribution in [2.24, 2.45) is 0 Å². The average Bonchev–Trinajstić information content (AvgIpc) is 3.17. The number of aromatic nitrogens is 3. The molecule has 0 aromatic carbocycles. The standard InChI is InChI=1S/C16H17N5O4/c1-9-7-11(20-25-9)19-15(22)12-10(2)24-16-13(12)14(17-8-18-16)21-3-5-23-6-4-21/h7-8H,3-6H2,1-2H3,(H,19,20,22). The number of ether oxygens (including phenoxy) is 1. The van der Waals surface area contributed by atoms with Crippen LogP contribution in [-0.4, -0.2) is 47.3 Å². The van der Waals surface area contributed by atoms with Crippen LogP contribution in [0.2, 0.25) is 0 Å². The molecule has 1 saturated heterocycles. The van der Waals surface area contributed by atoms with Gasteiger partial charge in [0.2, 0.25) is 5.71 Å². The first-order chi connectivity index (χ1) is 12.1. The number of fused-ring (bicyclic) bond motifs is 1. The van der Waals surface area contributed by atoms with E-state index in [4.69, 9.17) is 13.7 Å². The Morgan fingerprint density at radius 1 is 1.24 bits per heavy atom. The summed E-state index contributed by atoms with van der Waals surface area (Å²) in [5, 5.41) is 7.11. The normalized spacial score (nSPS) is 14.9. The van der Waals surface area contributed by atoms with Gasteiger partial charge in [0.1, 0.15) is 23.7 Å². The maximum absolute atomic E-state index is 12.8. The number of carbonyl (C=O) groups excluding carboxylic acids is 1. The number of nitrogens with zero attached hydrogens (tertiary/aromatic N) is 4. The van der Waals surface area contributed by atoms with Gasteiger partial charge in [0.15, 0.2) is 5.82 Å². The predicted molar refractivity (Wildman–Crippen MR) is 88.8 cm³/mol. The van der Waals surface area contributed by atoms with Crippen LogP contribution in [0.1, 0.15) is 21.9 Å². The molecule has 4 rings (SSSR count). The van der Waals surface area contributed by atoms with Crippen molar-refractivity contribution >= 4 is 28.6 Å². The molecule has 1 fully saturated rings. The summed E-state index contributed by atoms with van der Waals surface area (Å²) in [6.45, 7) is 6.10. The molecule has 1 N–H and O–H groups in total. The minimum Gasteiger partial charge on any atom is -0.442 e. The predicted octanol–water partition coefficient (Wildman–Crippen LogP) is 1.92. The molecule has 1 aliphatic heterocycles. The molecule has 9 heteroatoms. The molecule has 1 amide bonds. The molecule has 3 aromatic rings. The number of aryl methyl sites for hydroxylation is 2. The smallest absolute Gasteiger partial charge is 0.261 e. The van der Waals surface area contributed by atoms with E-state index in [0.29, 0.717) is 66.1 Å². The number of hydrogen-bond acceptors (Lipinski definition) is 8. The quantitative estimate of drug-likeness (QED) is 0.768. The maximum atomic E-state index is 12.8. The van der Waals surface area contributed by atoms with E-state index in [9.17, 15) is 4.79 Å². The summed E-state index contributed by atoms with van der Waals surface area (Å²) in [5.74, 6) is 1.77. The minimum absolute atomic E-state index is 0.339. The van der Waals surface area contributed by atoms with Gasteiger partial charge in [0, 0.05) is 19.2 Å². The largest absolute Gasteiger partial charge is 0.442 e. The van der Waals surface area contributed by atoms with Gasteiger partial charge in [-0.05, 0) is 13.8 Å². The fraction of sp³-hybridized carbons (Fsp3) is 0.375. The molecular weight excluding hydrogens is 326 g/mol. The molecule has 9 nitrogen and oxygen atoms in total. The van der Waals surface area contributed by atoms with Gasteiger partial charge in [0.05, 0.1) is 24.2 Å². The Kier molecular flexibility index (Phi) is 3.85. The maximum Gasteiger partial charge on any atom is 0.261 e. The number of hydrogen-bond donors (Lipinski definition) is 1. The molecule has 0 spiro atoms. The first-order valence-electron chi connectivity index (χ1n) is 7.95. The molecule has 130 valence electrons. The van der Waals surface area contributed by atoms with Crippen LogP contribution in [0.4, 0.5) is 11.6 Å². The number of furan rings is 1. The summed E-state index contributed by atoms with van der Waals surface area (Å²) in [4.78, 5) is 23.4. The van der Waals surface area contributed by atoms with E-state index in [1.54, 1.807) is 19.9 Å². The van der Waals surface area contributed by atoms with E-state index in [0.717, 1.165) is 0 Å². The molecule has 0 bridgehead atoms. The highest BCUT2D eigenvalue weighted by atomic mass is 16.5. The zero-order valence-corrected chi connectivity index (χ0v) is 13.9. The molecule has 3 aromatic heterocycles. The Morgan fingerprint density at radius 2 is 2.04 bits per heavy atom. The Morgan fingerprint density at radius 3 is 2.76 bits per heavy atom. The molecule has 4 heterocycles. The average molecular weight is 343 g/mol. The molecule has 0 atom stereocenters. The second-order valence-corrected chi connectivity index (χ2v) is 5.79. The van der Waals surface area contributed by atoms with Gasteiger partial charge in [0.25, 0.3) is 5.91 Å². The minimum atomic E-state index is -0.339. The van der Waals surface area contributed by atoms with Crippen LogP contribution in [-0.2, 0) is 4.74 Å². The van der Waals surface area contributed by atoms with Gasteiger partial charge in [-0.1, -0.05) is 5.16 Å². The summed E-state index contributed by atoms with van der Waals surface area (Å²) in [5.41, 5.74) is 0.785. The van der Waals surface area contributed by atoms with Crippen molar-refractivity contribution in [2.45, 2.75) is 13.8 Å². The lowest BCUT2D eigenvalue weighted by Crippen LogP contribution is -2.37. The Bertz CT molecular complexity index is 926. The van der Waals surface area contributed by atoms with E-state index >= 15 is 0 Å². The van der Waals surface area contributed by atoms with Crippen molar-refractivity contribution < 1.29 is 18.5 Å². The first-order valence-corrected chi connectivity index (χ1v) is 7.95. The molecular formula is C16H17N5O4. The summed E-state index contributed by atoms with van der Waals surface area (Å²) in [7, 11) is 0. The summed E-state index contributed by atoms with van der Waals surface area (Å²) in [6.07, 6.45) is 1.44. The lowest BCUT2D eigenvalue weighted by Gasteiger charge is -2.28. The first kappa shape index (κ1) is 15.6. The van der Waals surface area contributed by atoms with Crippen LogP contribution in [0.5, 0.6) is 0 Å². The van der Waals surface area contributed by atoms with Crippen molar-refractivity contribution in [1.82, 2.24) is 15.1 Å². The van der Waals surface area contributed by atoms with E-state index in [2.05, 4.69) is 25.3 Å². The van der Waals surface area contributed by atoms with Gasteiger partial charge in [-0.15, -0.1) is 0 Å². The second kappa shape index (κ2) is 6.17. The van der Waals surface area contributed by atoms with E-state index < -0.39 is 0 Å². The second-order valence-electron chi connectivity index (χ2n) is 5.79. The molecule has 25 heavy (non-hydrogen) atoms. The third-order valence-corrected chi connectivity index (χ3v) is 4.05. The number of amides is 1. The zero-order valence-electron chi connectivity index (χ0n) is 13.9. The zero-order chi connectivity index (χ0) is 17.4. The number of rotatable bonds is 3. The molecule has 0 radical (unpaired) electrons. The number of anilines is 2. The van der Waals surface area contributed by atoms with Gasteiger partial charge < -0.3 is 23.9 Å². The van der Waals surface area contributed by atoms with Crippen LogP contribution in [0, 0.1) is 13.8 Å². The lowest BCUT2D eigenvalue weighted by molar-refractivity contribution is 0.102. The van der Waals surface area contributed by atoms with Gasteiger partial charge in [-0.25, -0.2) is 9.97 Å². The molecule has 0 saturated carbocycles. The Labute approximate surface area is 143 Å². The molecule has 0 unspecified atom stereocenters. The van der Waals surface area contributed by atoms with E-state index in [1.165, 1.54) is 6.33 Å². The summed E-state index contributed by atoms with van der Waals surface area (Å²) in [6, 6.07) is 1.65. The topological polar surface area (TPSA) is 107 Å². The van der Waals surface area contributed by atoms with Crippen LogP contribution >= 0.6 is 0 Å². The highest BCUT2D eigenvalue weighted by molar-refractivity contribution is 6.15. The highest BCUT2D eigenvalue weighted by Gasteiger charge is 2.26. The molecule has 0 aliphatic carbocycles. The monoisotopic (exact) mass is 343 g/mol. The third-order valence-electron chi connectivity index (χ3n) is 4.05.